The molecule has 0 unspecified atom stereocenters. The summed E-state index contributed by atoms with van der Waals surface area (Å²) in [6, 6.07) is 9.57. The standard InChI is InChI=1S/C30H48O6/c1-6-7-8-9-10-11-12-13-14-15-19-22-30(25-20-17-16-18-21-25)35-26(28(31)33-23(2)3)27(36-30)29(32)34-24(4)5/h16-18,20-21,23-24,26-27H,6-15,19,22H2,1-5H3/t26-,27-/m1/s1. The van der Waals surface area contributed by atoms with Crippen LogP contribution in [0.3, 0.4) is 0 Å². The van der Waals surface area contributed by atoms with Crippen molar-refractivity contribution in [2.45, 2.75) is 142 Å². The third kappa shape index (κ3) is 9.85. The summed E-state index contributed by atoms with van der Waals surface area (Å²) in [7, 11) is 0. The maximum Gasteiger partial charge on any atom is 0.339 e. The SMILES string of the molecule is CCCCCCCCCCCCCC1(c2ccccc2)O[C@@H](C(=O)OC(C)C)[C@H](C(=O)OC(C)C)O1. The number of unbranched alkanes of at least 4 members (excludes halogenated alkanes) is 10. The molecule has 0 radical (unpaired) electrons. The number of hydrogen-bond donors (Lipinski definition) is 0. The van der Waals surface area contributed by atoms with Gasteiger partial charge in [-0.15, -0.1) is 0 Å². The van der Waals surface area contributed by atoms with Crippen molar-refractivity contribution >= 4 is 11.9 Å². The lowest BCUT2D eigenvalue weighted by molar-refractivity contribution is -0.202. The quantitative estimate of drug-likeness (QED) is 0.165. The zero-order valence-corrected chi connectivity index (χ0v) is 23.1. The molecule has 1 saturated heterocycles. The van der Waals surface area contributed by atoms with Gasteiger partial charge in [0, 0.05) is 12.0 Å². The second kappa shape index (κ2) is 16.0. The van der Waals surface area contributed by atoms with Gasteiger partial charge in [0.05, 0.1) is 12.2 Å². The van der Waals surface area contributed by atoms with Gasteiger partial charge in [0.25, 0.3) is 0 Å². The molecule has 1 heterocycles. The molecule has 1 aromatic rings. The first kappa shape index (κ1) is 30.3. The van der Waals surface area contributed by atoms with Crippen LogP contribution >= 0.6 is 0 Å². The molecule has 1 aliphatic heterocycles. The van der Waals surface area contributed by atoms with Gasteiger partial charge in [-0.2, -0.15) is 0 Å². The van der Waals surface area contributed by atoms with Crippen LogP contribution in [-0.2, 0) is 34.3 Å². The van der Waals surface area contributed by atoms with E-state index in [1.807, 2.05) is 30.3 Å². The molecule has 0 N–H and O–H groups in total. The number of rotatable bonds is 17. The minimum Gasteiger partial charge on any atom is -0.461 e. The average Bonchev–Trinajstić information content (AvgIpc) is 3.24. The highest BCUT2D eigenvalue weighted by molar-refractivity contribution is 5.86. The topological polar surface area (TPSA) is 71.1 Å². The fourth-order valence-corrected chi connectivity index (χ4v) is 4.62. The largest absolute Gasteiger partial charge is 0.461 e. The number of esters is 2. The van der Waals surface area contributed by atoms with Crippen molar-refractivity contribution in [2.75, 3.05) is 0 Å². The van der Waals surface area contributed by atoms with E-state index < -0.39 is 29.9 Å². The Morgan fingerprint density at radius 3 is 1.56 bits per heavy atom. The van der Waals surface area contributed by atoms with E-state index >= 15 is 0 Å². The van der Waals surface area contributed by atoms with Gasteiger partial charge >= 0.3 is 11.9 Å². The van der Waals surface area contributed by atoms with Crippen molar-refractivity contribution < 1.29 is 28.5 Å². The lowest BCUT2D eigenvalue weighted by Gasteiger charge is -2.28. The Balaban J connectivity index is 2.01. The van der Waals surface area contributed by atoms with E-state index in [-0.39, 0.29) is 12.2 Å². The van der Waals surface area contributed by atoms with Crippen LogP contribution in [0.1, 0.15) is 117 Å². The predicted octanol–water partition coefficient (Wildman–Crippen LogP) is 7.23. The molecule has 36 heavy (non-hydrogen) atoms. The third-order valence-corrected chi connectivity index (χ3v) is 6.40. The Bertz CT molecular complexity index is 730. The Morgan fingerprint density at radius 1 is 0.722 bits per heavy atom. The monoisotopic (exact) mass is 504 g/mol. The Morgan fingerprint density at radius 2 is 1.14 bits per heavy atom. The highest BCUT2D eigenvalue weighted by atomic mass is 16.8. The van der Waals surface area contributed by atoms with Crippen molar-refractivity contribution in [1.29, 1.82) is 0 Å². The van der Waals surface area contributed by atoms with Crippen LogP contribution in [-0.4, -0.2) is 36.4 Å². The molecule has 6 heteroatoms. The van der Waals surface area contributed by atoms with Crippen LogP contribution in [0, 0.1) is 0 Å². The molecule has 0 aliphatic carbocycles. The van der Waals surface area contributed by atoms with Crippen LogP contribution in [0.5, 0.6) is 0 Å². The number of carbonyl (C=O) groups excluding carboxylic acids is 2. The van der Waals surface area contributed by atoms with Crippen LogP contribution < -0.4 is 0 Å². The van der Waals surface area contributed by atoms with Gasteiger partial charge in [-0.3, -0.25) is 0 Å². The molecule has 6 nitrogen and oxygen atoms in total. The number of ether oxygens (including phenoxy) is 4. The first-order valence-corrected chi connectivity index (χ1v) is 14.1. The highest BCUT2D eigenvalue weighted by Gasteiger charge is 2.55. The van der Waals surface area contributed by atoms with Crippen molar-refractivity contribution in [3.05, 3.63) is 35.9 Å². The fraction of sp³-hybridized carbons (Fsp3) is 0.733. The summed E-state index contributed by atoms with van der Waals surface area (Å²) in [5.41, 5.74) is 0.791. The van der Waals surface area contributed by atoms with Crippen molar-refractivity contribution in [2.24, 2.45) is 0 Å². The molecule has 0 amide bonds. The Hall–Kier alpha value is -1.92. The smallest absolute Gasteiger partial charge is 0.339 e. The number of benzene rings is 1. The molecule has 1 aliphatic rings. The van der Waals surface area contributed by atoms with Gasteiger partial charge in [-0.1, -0.05) is 101 Å². The second-order valence-corrected chi connectivity index (χ2v) is 10.5. The van der Waals surface area contributed by atoms with Crippen LogP contribution in [0.4, 0.5) is 0 Å². The minimum absolute atomic E-state index is 0.332. The lowest BCUT2D eigenvalue weighted by atomic mass is 9.98. The minimum atomic E-state index is -1.19. The summed E-state index contributed by atoms with van der Waals surface area (Å²) in [6.45, 7) is 9.32. The van der Waals surface area contributed by atoms with Crippen molar-refractivity contribution in [1.82, 2.24) is 0 Å². The average molecular weight is 505 g/mol. The molecule has 2 rings (SSSR count). The fourth-order valence-electron chi connectivity index (χ4n) is 4.62. The molecule has 0 aromatic heterocycles. The molecular weight excluding hydrogens is 456 g/mol. The second-order valence-electron chi connectivity index (χ2n) is 10.5. The molecule has 0 spiro atoms. The highest BCUT2D eigenvalue weighted by Crippen LogP contribution is 2.42. The van der Waals surface area contributed by atoms with E-state index in [2.05, 4.69) is 6.92 Å². The summed E-state index contributed by atoms with van der Waals surface area (Å²) in [6.07, 6.45) is 11.1. The normalized spacial score (nSPS) is 19.1. The van der Waals surface area contributed by atoms with Gasteiger partial charge < -0.3 is 18.9 Å². The summed E-state index contributed by atoms with van der Waals surface area (Å²) < 4.78 is 23.4. The van der Waals surface area contributed by atoms with E-state index in [0.717, 1.165) is 24.8 Å². The van der Waals surface area contributed by atoms with Gasteiger partial charge in [0.1, 0.15) is 0 Å². The van der Waals surface area contributed by atoms with Crippen molar-refractivity contribution in [3.63, 3.8) is 0 Å². The van der Waals surface area contributed by atoms with Gasteiger partial charge in [-0.25, -0.2) is 9.59 Å². The van der Waals surface area contributed by atoms with Crippen LogP contribution in [0.2, 0.25) is 0 Å². The Labute approximate surface area is 218 Å². The van der Waals surface area contributed by atoms with E-state index in [0.29, 0.717) is 6.42 Å². The number of carbonyl (C=O) groups is 2. The van der Waals surface area contributed by atoms with Crippen molar-refractivity contribution in [3.8, 4) is 0 Å². The summed E-state index contributed by atoms with van der Waals surface area (Å²) in [4.78, 5) is 25.8. The first-order valence-electron chi connectivity index (χ1n) is 14.1. The van der Waals surface area contributed by atoms with E-state index in [4.69, 9.17) is 18.9 Å². The van der Waals surface area contributed by atoms with Gasteiger partial charge in [0.2, 0.25) is 0 Å². The zero-order valence-electron chi connectivity index (χ0n) is 23.1. The lowest BCUT2D eigenvalue weighted by Crippen LogP contribution is -2.40. The summed E-state index contributed by atoms with van der Waals surface area (Å²) in [5.74, 6) is -2.40. The predicted molar refractivity (Wildman–Crippen MR) is 141 cm³/mol. The van der Waals surface area contributed by atoms with Crippen LogP contribution in [0.25, 0.3) is 0 Å². The zero-order chi connectivity index (χ0) is 26.4. The maximum absolute atomic E-state index is 12.9. The number of hydrogen-bond acceptors (Lipinski definition) is 6. The van der Waals surface area contributed by atoms with Crippen LogP contribution in [0.15, 0.2) is 30.3 Å². The molecule has 204 valence electrons. The first-order chi connectivity index (χ1) is 17.3. The molecular formula is C30H48O6. The van der Waals surface area contributed by atoms with E-state index in [9.17, 15) is 9.59 Å². The van der Waals surface area contributed by atoms with E-state index in [1.165, 1.54) is 51.4 Å². The molecule has 1 fully saturated rings. The Kier molecular flexibility index (Phi) is 13.5. The summed E-state index contributed by atoms with van der Waals surface area (Å²) >= 11 is 0. The maximum atomic E-state index is 12.9. The molecule has 0 bridgehead atoms. The third-order valence-electron chi connectivity index (χ3n) is 6.40. The van der Waals surface area contributed by atoms with Gasteiger partial charge in [0.15, 0.2) is 18.0 Å². The molecule has 2 atom stereocenters. The van der Waals surface area contributed by atoms with Gasteiger partial charge in [-0.05, 0) is 34.1 Å². The van der Waals surface area contributed by atoms with E-state index in [1.54, 1.807) is 27.7 Å². The molecule has 1 aromatic carbocycles. The molecule has 0 saturated carbocycles. The summed E-state index contributed by atoms with van der Waals surface area (Å²) in [5, 5.41) is 0.